The van der Waals surface area contributed by atoms with Gasteiger partial charge in [-0.25, -0.2) is 0 Å². The van der Waals surface area contributed by atoms with Crippen LogP contribution in [-0.2, 0) is 6.42 Å². The summed E-state index contributed by atoms with van der Waals surface area (Å²) in [7, 11) is 3.00. The van der Waals surface area contributed by atoms with E-state index in [4.69, 9.17) is 14.6 Å². The number of ether oxygens (including phenoxy) is 2. The molecule has 1 aromatic rings. The molecule has 0 saturated carbocycles. The number of methoxy groups -OCH3 is 2. The summed E-state index contributed by atoms with van der Waals surface area (Å²) in [5, 5.41) is 18.3. The van der Waals surface area contributed by atoms with E-state index >= 15 is 0 Å². The van der Waals surface area contributed by atoms with Crippen LogP contribution in [0.1, 0.15) is 12.0 Å². The van der Waals surface area contributed by atoms with Gasteiger partial charge in [0.2, 0.25) is 5.75 Å². The lowest BCUT2D eigenvalue weighted by molar-refractivity contribution is 0.288. The van der Waals surface area contributed by atoms with Crippen LogP contribution in [-0.4, -0.2) is 31.0 Å². The molecule has 0 amide bonds. The van der Waals surface area contributed by atoms with Gasteiger partial charge < -0.3 is 19.7 Å². The largest absolute Gasteiger partial charge is 0.504 e. The zero-order valence-corrected chi connectivity index (χ0v) is 8.99. The van der Waals surface area contributed by atoms with Crippen LogP contribution in [0.3, 0.4) is 0 Å². The van der Waals surface area contributed by atoms with Crippen LogP contribution in [0.15, 0.2) is 12.1 Å². The van der Waals surface area contributed by atoms with Crippen LogP contribution in [0, 0.1) is 0 Å². The molecule has 0 saturated heterocycles. The Labute approximate surface area is 89.1 Å². The fourth-order valence-corrected chi connectivity index (χ4v) is 1.43. The van der Waals surface area contributed by atoms with Gasteiger partial charge in [-0.1, -0.05) is 0 Å². The van der Waals surface area contributed by atoms with E-state index in [1.54, 1.807) is 12.1 Å². The van der Waals surface area contributed by atoms with Crippen LogP contribution in [0.5, 0.6) is 17.2 Å². The lowest BCUT2D eigenvalue weighted by Crippen LogP contribution is -1.95. The molecule has 84 valence electrons. The SMILES string of the molecule is COc1cc(CCCO)cc(O)c1OC. The highest BCUT2D eigenvalue weighted by Crippen LogP contribution is 2.37. The predicted octanol–water partition coefficient (Wildman–Crippen LogP) is 1.33. The first kappa shape index (κ1) is 11.7. The first-order valence-corrected chi connectivity index (χ1v) is 4.77. The molecule has 0 radical (unpaired) electrons. The van der Waals surface area contributed by atoms with Crippen LogP contribution < -0.4 is 9.47 Å². The Kier molecular flexibility index (Phi) is 4.24. The van der Waals surface area contributed by atoms with Gasteiger partial charge in [0.25, 0.3) is 0 Å². The van der Waals surface area contributed by atoms with Crippen molar-refractivity contribution >= 4 is 0 Å². The van der Waals surface area contributed by atoms with Crippen molar-refractivity contribution in [3.05, 3.63) is 17.7 Å². The van der Waals surface area contributed by atoms with E-state index in [-0.39, 0.29) is 12.4 Å². The van der Waals surface area contributed by atoms with Crippen molar-refractivity contribution in [3.63, 3.8) is 0 Å². The molecule has 0 atom stereocenters. The van der Waals surface area contributed by atoms with Crippen molar-refractivity contribution in [2.75, 3.05) is 20.8 Å². The minimum atomic E-state index is 0.0600. The summed E-state index contributed by atoms with van der Waals surface area (Å²) in [6.07, 6.45) is 1.36. The second-order valence-corrected chi connectivity index (χ2v) is 3.18. The number of hydrogen-bond donors (Lipinski definition) is 2. The molecule has 1 aromatic carbocycles. The molecule has 15 heavy (non-hydrogen) atoms. The molecule has 0 spiro atoms. The fraction of sp³-hybridized carbons (Fsp3) is 0.455. The Hall–Kier alpha value is -1.42. The number of aliphatic hydroxyl groups is 1. The summed E-state index contributed by atoms with van der Waals surface area (Å²) in [6, 6.07) is 3.42. The van der Waals surface area contributed by atoms with Crippen LogP contribution in [0.25, 0.3) is 0 Å². The molecule has 0 unspecified atom stereocenters. The van der Waals surface area contributed by atoms with Gasteiger partial charge >= 0.3 is 0 Å². The third kappa shape index (κ3) is 2.76. The number of hydrogen-bond acceptors (Lipinski definition) is 4. The summed E-state index contributed by atoms with van der Waals surface area (Å²) < 4.78 is 10.1. The van der Waals surface area contributed by atoms with Crippen molar-refractivity contribution in [1.82, 2.24) is 0 Å². The van der Waals surface area contributed by atoms with Gasteiger partial charge in [0.1, 0.15) is 0 Å². The zero-order valence-electron chi connectivity index (χ0n) is 8.99. The zero-order chi connectivity index (χ0) is 11.3. The highest BCUT2D eigenvalue weighted by atomic mass is 16.5. The van der Waals surface area contributed by atoms with Crippen LogP contribution in [0.4, 0.5) is 0 Å². The summed E-state index contributed by atoms with van der Waals surface area (Å²) in [6.45, 7) is 0.134. The molecule has 0 aliphatic carbocycles. The average Bonchev–Trinajstić information content (AvgIpc) is 2.25. The number of aryl methyl sites for hydroxylation is 1. The summed E-state index contributed by atoms with van der Waals surface area (Å²) in [5.74, 6) is 0.903. The maximum absolute atomic E-state index is 9.64. The van der Waals surface area contributed by atoms with Crippen molar-refractivity contribution < 1.29 is 19.7 Å². The van der Waals surface area contributed by atoms with Gasteiger partial charge in [-0.2, -0.15) is 0 Å². The van der Waals surface area contributed by atoms with Crippen molar-refractivity contribution in [1.29, 1.82) is 0 Å². The van der Waals surface area contributed by atoms with E-state index in [9.17, 15) is 5.11 Å². The maximum Gasteiger partial charge on any atom is 0.203 e. The van der Waals surface area contributed by atoms with Gasteiger partial charge in [-0.15, -0.1) is 0 Å². The second-order valence-electron chi connectivity index (χ2n) is 3.18. The first-order valence-electron chi connectivity index (χ1n) is 4.77. The lowest BCUT2D eigenvalue weighted by Gasteiger charge is -2.11. The van der Waals surface area contributed by atoms with Crippen molar-refractivity contribution in [2.24, 2.45) is 0 Å². The summed E-state index contributed by atoms with van der Waals surface area (Å²) in [4.78, 5) is 0. The van der Waals surface area contributed by atoms with E-state index in [1.165, 1.54) is 14.2 Å². The summed E-state index contributed by atoms with van der Waals surface area (Å²) >= 11 is 0. The van der Waals surface area contributed by atoms with Gasteiger partial charge in [0, 0.05) is 6.61 Å². The smallest absolute Gasteiger partial charge is 0.203 e. The van der Waals surface area contributed by atoms with Crippen LogP contribution in [0.2, 0.25) is 0 Å². The lowest BCUT2D eigenvalue weighted by atomic mass is 10.1. The third-order valence-electron chi connectivity index (χ3n) is 2.14. The molecular formula is C11H16O4. The van der Waals surface area contributed by atoms with Crippen molar-refractivity contribution in [3.8, 4) is 17.2 Å². The molecule has 0 aromatic heterocycles. The third-order valence-corrected chi connectivity index (χ3v) is 2.14. The average molecular weight is 212 g/mol. The van der Waals surface area contributed by atoms with E-state index in [0.717, 1.165) is 5.56 Å². The molecular weight excluding hydrogens is 196 g/mol. The number of rotatable bonds is 5. The van der Waals surface area contributed by atoms with E-state index in [0.29, 0.717) is 24.3 Å². The number of phenols is 1. The highest BCUT2D eigenvalue weighted by Gasteiger charge is 2.10. The monoisotopic (exact) mass is 212 g/mol. The molecule has 0 bridgehead atoms. The molecule has 2 N–H and O–H groups in total. The van der Waals surface area contributed by atoms with E-state index < -0.39 is 0 Å². The number of aromatic hydroxyl groups is 1. The number of phenolic OH excluding ortho intramolecular Hbond substituents is 1. The number of aliphatic hydroxyl groups excluding tert-OH is 1. The van der Waals surface area contributed by atoms with Crippen molar-refractivity contribution in [2.45, 2.75) is 12.8 Å². The van der Waals surface area contributed by atoms with E-state index in [1.807, 2.05) is 0 Å². The Morgan fingerprint density at radius 2 is 1.93 bits per heavy atom. The number of benzene rings is 1. The van der Waals surface area contributed by atoms with E-state index in [2.05, 4.69) is 0 Å². The molecule has 0 aliphatic heterocycles. The Bertz CT molecular complexity index is 323. The molecule has 0 fully saturated rings. The quantitative estimate of drug-likeness (QED) is 0.773. The second kappa shape index (κ2) is 5.46. The predicted molar refractivity (Wildman–Crippen MR) is 56.6 cm³/mol. The summed E-state index contributed by atoms with van der Waals surface area (Å²) in [5.41, 5.74) is 0.916. The van der Waals surface area contributed by atoms with Crippen LogP contribution >= 0.6 is 0 Å². The molecule has 1 rings (SSSR count). The van der Waals surface area contributed by atoms with Gasteiger partial charge in [0.05, 0.1) is 14.2 Å². The maximum atomic E-state index is 9.64. The topological polar surface area (TPSA) is 58.9 Å². The van der Waals surface area contributed by atoms with Gasteiger partial charge in [-0.3, -0.25) is 0 Å². The highest BCUT2D eigenvalue weighted by molar-refractivity contribution is 5.53. The molecule has 4 nitrogen and oxygen atoms in total. The van der Waals surface area contributed by atoms with Gasteiger partial charge in [-0.05, 0) is 30.5 Å². The molecule has 4 heteroatoms. The minimum absolute atomic E-state index is 0.0600. The molecule has 0 heterocycles. The Morgan fingerprint density at radius 3 is 2.47 bits per heavy atom. The minimum Gasteiger partial charge on any atom is -0.504 e. The normalized spacial score (nSPS) is 10.1. The fourth-order valence-electron chi connectivity index (χ4n) is 1.43. The first-order chi connectivity index (χ1) is 7.22. The van der Waals surface area contributed by atoms with Gasteiger partial charge in [0.15, 0.2) is 11.5 Å². The molecule has 0 aliphatic rings. The Morgan fingerprint density at radius 1 is 1.20 bits per heavy atom. The standard InChI is InChI=1S/C11H16O4/c1-14-10-7-8(4-3-5-12)6-9(13)11(10)15-2/h6-7,12-13H,3-5H2,1-2H3. The Balaban J connectivity index is 2.97.